The van der Waals surface area contributed by atoms with Crippen molar-refractivity contribution in [3.05, 3.63) is 30.5 Å². The fourth-order valence-electron chi connectivity index (χ4n) is 2.50. The van der Waals surface area contributed by atoms with Gasteiger partial charge >= 0.3 is 0 Å². The van der Waals surface area contributed by atoms with Crippen LogP contribution in [0.3, 0.4) is 0 Å². The Hall–Kier alpha value is -1.75. The van der Waals surface area contributed by atoms with Crippen LogP contribution in [0.4, 0.5) is 17.3 Å². The maximum absolute atomic E-state index is 4.71. The monoisotopic (exact) mass is 270 g/mol. The zero-order chi connectivity index (χ0) is 12.7. The van der Waals surface area contributed by atoms with E-state index in [0.29, 0.717) is 0 Å². The average Bonchev–Trinajstić information content (AvgIpc) is 2.98. The zero-order valence-electron chi connectivity index (χ0n) is 10.5. The van der Waals surface area contributed by atoms with Gasteiger partial charge in [0.25, 0.3) is 0 Å². The van der Waals surface area contributed by atoms with Crippen molar-refractivity contribution in [2.45, 2.75) is 22.8 Å². The van der Waals surface area contributed by atoms with Crippen molar-refractivity contribution in [3.8, 4) is 0 Å². The molecule has 0 aliphatic carbocycles. The molecule has 4 nitrogen and oxygen atoms in total. The van der Waals surface area contributed by atoms with Crippen molar-refractivity contribution in [3.63, 3.8) is 0 Å². The fourth-order valence-corrected chi connectivity index (χ4v) is 3.42. The van der Waals surface area contributed by atoms with Gasteiger partial charge in [-0.1, -0.05) is 23.9 Å². The zero-order valence-corrected chi connectivity index (χ0v) is 11.3. The molecule has 0 bridgehead atoms. The van der Waals surface area contributed by atoms with Gasteiger partial charge in [-0.2, -0.15) is 0 Å². The summed E-state index contributed by atoms with van der Waals surface area (Å²) in [5.74, 6) is 0.866. The van der Waals surface area contributed by atoms with Gasteiger partial charge in [0.05, 0.1) is 17.6 Å². The van der Waals surface area contributed by atoms with Crippen LogP contribution in [0.25, 0.3) is 0 Å². The number of anilines is 3. The summed E-state index contributed by atoms with van der Waals surface area (Å²) < 4.78 is 0. The first kappa shape index (κ1) is 11.1. The van der Waals surface area contributed by atoms with Crippen LogP contribution < -0.4 is 10.2 Å². The molecular weight excluding hydrogens is 256 g/mol. The number of benzene rings is 1. The second-order valence-corrected chi connectivity index (χ2v) is 5.84. The standard InChI is InChI=1S/C14H14N4S/c1-2-6-12-10(5-1)16-11-9-15-14(17-13(11)19-12)18-7-3-4-8-18/h1-2,5-6,9,16H,3-4,7-8H2. The first-order valence-electron chi connectivity index (χ1n) is 6.56. The molecule has 0 saturated carbocycles. The minimum absolute atomic E-state index is 0.866. The molecule has 2 aliphatic rings. The largest absolute Gasteiger partial charge is 0.351 e. The van der Waals surface area contributed by atoms with E-state index >= 15 is 0 Å². The van der Waals surface area contributed by atoms with E-state index in [-0.39, 0.29) is 0 Å². The van der Waals surface area contributed by atoms with Crippen LogP contribution in [0.2, 0.25) is 0 Å². The number of para-hydroxylation sites is 1. The van der Waals surface area contributed by atoms with E-state index in [1.54, 1.807) is 11.8 Å². The highest BCUT2D eigenvalue weighted by Crippen LogP contribution is 2.42. The van der Waals surface area contributed by atoms with Gasteiger partial charge in [0.15, 0.2) is 0 Å². The van der Waals surface area contributed by atoms with Crippen LogP contribution >= 0.6 is 11.8 Å². The Morgan fingerprint density at radius 3 is 2.84 bits per heavy atom. The SMILES string of the molecule is c1ccc2c(c1)Nc1cnc(N3CCCC3)nc1S2. The molecule has 1 N–H and O–H groups in total. The predicted molar refractivity (Wildman–Crippen MR) is 77.3 cm³/mol. The van der Waals surface area contributed by atoms with Crippen molar-refractivity contribution in [1.29, 1.82) is 0 Å². The lowest BCUT2D eigenvalue weighted by atomic mass is 10.3. The fraction of sp³-hybridized carbons (Fsp3) is 0.286. The molecule has 1 aromatic carbocycles. The molecule has 1 saturated heterocycles. The number of fused-ring (bicyclic) bond motifs is 2. The Morgan fingerprint density at radius 1 is 1.11 bits per heavy atom. The Balaban J connectivity index is 1.70. The van der Waals surface area contributed by atoms with Gasteiger partial charge < -0.3 is 10.2 Å². The van der Waals surface area contributed by atoms with Crippen molar-refractivity contribution in [2.24, 2.45) is 0 Å². The van der Waals surface area contributed by atoms with Crippen molar-refractivity contribution >= 4 is 29.1 Å². The third-order valence-corrected chi connectivity index (χ3v) is 4.57. The minimum atomic E-state index is 0.866. The molecule has 96 valence electrons. The van der Waals surface area contributed by atoms with E-state index in [9.17, 15) is 0 Å². The Morgan fingerprint density at radius 2 is 1.95 bits per heavy atom. The molecule has 2 aliphatic heterocycles. The van der Waals surface area contributed by atoms with E-state index in [2.05, 4.69) is 33.4 Å². The van der Waals surface area contributed by atoms with E-state index in [1.807, 2.05) is 12.3 Å². The highest BCUT2D eigenvalue weighted by molar-refractivity contribution is 7.99. The van der Waals surface area contributed by atoms with Gasteiger partial charge in [-0.3, -0.25) is 0 Å². The maximum atomic E-state index is 4.71. The van der Waals surface area contributed by atoms with Crippen molar-refractivity contribution in [2.75, 3.05) is 23.3 Å². The predicted octanol–water partition coefficient (Wildman–Crippen LogP) is 3.29. The second kappa shape index (κ2) is 4.42. The topological polar surface area (TPSA) is 41.1 Å². The Bertz CT molecular complexity index is 623. The lowest BCUT2D eigenvalue weighted by Gasteiger charge is -2.22. The number of rotatable bonds is 1. The molecule has 1 fully saturated rings. The van der Waals surface area contributed by atoms with E-state index in [4.69, 9.17) is 4.98 Å². The molecule has 0 atom stereocenters. The summed E-state index contributed by atoms with van der Waals surface area (Å²) in [5, 5.41) is 4.42. The summed E-state index contributed by atoms with van der Waals surface area (Å²) in [4.78, 5) is 12.7. The number of aromatic nitrogens is 2. The van der Waals surface area contributed by atoms with E-state index in [1.165, 1.54) is 17.7 Å². The lowest BCUT2D eigenvalue weighted by molar-refractivity contribution is 0.874. The number of hydrogen-bond donors (Lipinski definition) is 1. The van der Waals surface area contributed by atoms with Gasteiger partial charge in [-0.05, 0) is 25.0 Å². The van der Waals surface area contributed by atoms with Crippen LogP contribution in [-0.2, 0) is 0 Å². The van der Waals surface area contributed by atoms with E-state index in [0.717, 1.165) is 35.4 Å². The Labute approximate surface area is 116 Å². The van der Waals surface area contributed by atoms with Gasteiger partial charge in [0.1, 0.15) is 5.03 Å². The van der Waals surface area contributed by atoms with Crippen molar-refractivity contribution < 1.29 is 0 Å². The normalized spacial score (nSPS) is 16.7. The lowest BCUT2D eigenvalue weighted by Crippen LogP contribution is -2.21. The molecule has 0 spiro atoms. The molecule has 0 radical (unpaired) electrons. The average molecular weight is 270 g/mol. The first-order chi connectivity index (χ1) is 9.40. The molecule has 0 amide bonds. The molecule has 19 heavy (non-hydrogen) atoms. The smallest absolute Gasteiger partial charge is 0.226 e. The molecule has 0 unspecified atom stereocenters. The number of nitrogens with one attached hydrogen (secondary N) is 1. The molecule has 3 heterocycles. The van der Waals surface area contributed by atoms with Crippen LogP contribution in [-0.4, -0.2) is 23.1 Å². The summed E-state index contributed by atoms with van der Waals surface area (Å²) >= 11 is 1.72. The summed E-state index contributed by atoms with van der Waals surface area (Å²) in [5.41, 5.74) is 2.14. The summed E-state index contributed by atoms with van der Waals surface area (Å²) in [6.07, 6.45) is 4.39. The summed E-state index contributed by atoms with van der Waals surface area (Å²) in [7, 11) is 0. The summed E-state index contributed by atoms with van der Waals surface area (Å²) in [6, 6.07) is 8.30. The number of hydrogen-bond acceptors (Lipinski definition) is 5. The molecule has 4 rings (SSSR count). The highest BCUT2D eigenvalue weighted by Gasteiger charge is 2.20. The summed E-state index contributed by atoms with van der Waals surface area (Å²) in [6.45, 7) is 2.15. The number of nitrogens with zero attached hydrogens (tertiary/aromatic N) is 3. The van der Waals surface area contributed by atoms with Gasteiger partial charge in [0.2, 0.25) is 5.95 Å². The van der Waals surface area contributed by atoms with Crippen LogP contribution in [0, 0.1) is 0 Å². The molecule has 1 aromatic heterocycles. The Kier molecular flexibility index (Phi) is 2.58. The van der Waals surface area contributed by atoms with Gasteiger partial charge in [-0.15, -0.1) is 0 Å². The highest BCUT2D eigenvalue weighted by atomic mass is 32.2. The van der Waals surface area contributed by atoms with Gasteiger partial charge in [0, 0.05) is 18.0 Å². The van der Waals surface area contributed by atoms with Crippen LogP contribution in [0.5, 0.6) is 0 Å². The maximum Gasteiger partial charge on any atom is 0.226 e. The first-order valence-corrected chi connectivity index (χ1v) is 7.38. The van der Waals surface area contributed by atoms with Crippen molar-refractivity contribution in [1.82, 2.24) is 9.97 Å². The molecular formula is C14H14N4S. The third kappa shape index (κ3) is 1.94. The molecule has 2 aromatic rings. The molecule has 5 heteroatoms. The van der Waals surface area contributed by atoms with Gasteiger partial charge in [-0.25, -0.2) is 9.97 Å². The second-order valence-electron chi connectivity index (χ2n) is 4.81. The van der Waals surface area contributed by atoms with Crippen LogP contribution in [0.1, 0.15) is 12.8 Å². The van der Waals surface area contributed by atoms with Crippen LogP contribution in [0.15, 0.2) is 40.4 Å². The third-order valence-electron chi connectivity index (χ3n) is 3.49. The quantitative estimate of drug-likeness (QED) is 0.687. The minimum Gasteiger partial charge on any atom is -0.351 e. The van der Waals surface area contributed by atoms with E-state index < -0.39 is 0 Å².